The van der Waals surface area contributed by atoms with E-state index in [0.29, 0.717) is 23.3 Å². The van der Waals surface area contributed by atoms with E-state index in [1.165, 1.54) is 18.3 Å². The number of halogens is 3. The summed E-state index contributed by atoms with van der Waals surface area (Å²) < 4.78 is 45.4. The molecule has 10 heteroatoms. The first kappa shape index (κ1) is 19.8. The molecule has 0 bridgehead atoms. The molecule has 26 heavy (non-hydrogen) atoms. The number of nitrogens with zero attached hydrogens (tertiary/aromatic N) is 2. The quantitative estimate of drug-likeness (QED) is 0.547. The van der Waals surface area contributed by atoms with Crippen LogP contribution < -0.4 is 14.8 Å². The van der Waals surface area contributed by atoms with Crippen LogP contribution >= 0.6 is 11.8 Å². The van der Waals surface area contributed by atoms with E-state index < -0.39 is 6.36 Å². The van der Waals surface area contributed by atoms with E-state index >= 15 is 0 Å². The van der Waals surface area contributed by atoms with Gasteiger partial charge in [0.25, 0.3) is 0 Å². The monoisotopic (exact) mass is 387 g/mol. The molecule has 2 aromatic rings. The van der Waals surface area contributed by atoms with Crippen molar-refractivity contribution in [1.82, 2.24) is 9.97 Å². The molecule has 0 radical (unpaired) electrons. The summed E-state index contributed by atoms with van der Waals surface area (Å²) in [6.45, 7) is 2.51. The number of carbonyl (C=O) groups is 1. The first-order chi connectivity index (χ1) is 12.4. The first-order valence-corrected chi connectivity index (χ1v) is 8.58. The van der Waals surface area contributed by atoms with Crippen molar-refractivity contribution in [3.63, 3.8) is 0 Å². The van der Waals surface area contributed by atoms with Gasteiger partial charge in [-0.15, -0.1) is 13.2 Å². The molecule has 0 spiro atoms. The summed E-state index contributed by atoms with van der Waals surface area (Å²) in [6, 6.07) is 6.50. The molecule has 1 N–H and O–H groups in total. The first-order valence-electron chi connectivity index (χ1n) is 7.60. The summed E-state index contributed by atoms with van der Waals surface area (Å²) in [5, 5.41) is 2.96. The highest BCUT2D eigenvalue weighted by molar-refractivity contribution is 7.99. The van der Waals surface area contributed by atoms with Gasteiger partial charge in [0.2, 0.25) is 11.8 Å². The van der Waals surface area contributed by atoms with Gasteiger partial charge in [0, 0.05) is 18.0 Å². The molecule has 6 nitrogen and oxygen atoms in total. The lowest BCUT2D eigenvalue weighted by Gasteiger charge is -2.10. The zero-order valence-corrected chi connectivity index (χ0v) is 14.6. The molecule has 0 aliphatic heterocycles. The lowest BCUT2D eigenvalue weighted by Crippen LogP contribution is -2.17. The second-order valence-electron chi connectivity index (χ2n) is 4.93. The predicted molar refractivity (Wildman–Crippen MR) is 90.3 cm³/mol. The van der Waals surface area contributed by atoms with E-state index in [1.807, 2.05) is 6.92 Å². The molecular formula is C16H16F3N3O3S. The molecule has 140 valence electrons. The molecule has 0 unspecified atom stereocenters. The van der Waals surface area contributed by atoms with E-state index in [-0.39, 0.29) is 17.4 Å². The summed E-state index contributed by atoms with van der Waals surface area (Å²) >= 11 is 1.12. The summed E-state index contributed by atoms with van der Waals surface area (Å²) in [5.41, 5.74) is 0.353. The van der Waals surface area contributed by atoms with Crippen LogP contribution in [0.4, 0.5) is 18.9 Å². The van der Waals surface area contributed by atoms with Crippen LogP contribution in [-0.2, 0) is 4.79 Å². The number of alkyl halides is 3. The SMILES string of the molecule is CCCOc1ccnc(SCC(=O)Nc2ccc(OC(F)(F)F)cc2)n1. The highest BCUT2D eigenvalue weighted by Gasteiger charge is 2.30. The molecule has 0 aliphatic rings. The number of hydrogen-bond donors (Lipinski definition) is 1. The Morgan fingerprint density at radius 2 is 1.96 bits per heavy atom. The van der Waals surface area contributed by atoms with Gasteiger partial charge in [0.05, 0.1) is 12.4 Å². The second kappa shape index (κ2) is 9.27. The summed E-state index contributed by atoms with van der Waals surface area (Å²) in [5.74, 6) is -0.229. The van der Waals surface area contributed by atoms with Gasteiger partial charge < -0.3 is 14.8 Å². The topological polar surface area (TPSA) is 73.3 Å². The van der Waals surface area contributed by atoms with Crippen molar-refractivity contribution >= 4 is 23.4 Å². The third kappa shape index (κ3) is 7.18. The normalized spacial score (nSPS) is 11.1. The number of amides is 1. The Balaban J connectivity index is 1.83. The molecule has 0 atom stereocenters. The minimum atomic E-state index is -4.75. The van der Waals surface area contributed by atoms with E-state index in [0.717, 1.165) is 30.3 Å². The number of rotatable bonds is 8. The summed E-state index contributed by atoms with van der Waals surface area (Å²) in [6.07, 6.45) is -2.37. The standard InChI is InChI=1S/C16H16F3N3O3S/c1-2-9-24-14-7-8-20-15(22-14)26-10-13(23)21-11-3-5-12(6-4-11)25-16(17,18)19/h3-8H,2,9-10H2,1H3,(H,21,23). The fraction of sp³-hybridized carbons (Fsp3) is 0.312. The lowest BCUT2D eigenvalue weighted by atomic mass is 10.3. The van der Waals surface area contributed by atoms with Crippen molar-refractivity contribution in [2.24, 2.45) is 0 Å². The Kier molecular flexibility index (Phi) is 7.07. The van der Waals surface area contributed by atoms with E-state index in [1.54, 1.807) is 6.07 Å². The van der Waals surface area contributed by atoms with E-state index in [4.69, 9.17) is 4.74 Å². The van der Waals surface area contributed by atoms with Gasteiger partial charge in [0.15, 0.2) is 5.16 Å². The smallest absolute Gasteiger partial charge is 0.478 e. The van der Waals surface area contributed by atoms with Crippen molar-refractivity contribution in [2.45, 2.75) is 24.9 Å². The molecule has 0 fully saturated rings. The van der Waals surface area contributed by atoms with Crippen LogP contribution in [0.5, 0.6) is 11.6 Å². The predicted octanol–water partition coefficient (Wildman–Crippen LogP) is 3.89. The summed E-state index contributed by atoms with van der Waals surface area (Å²) in [4.78, 5) is 20.1. The molecule has 0 saturated heterocycles. The largest absolute Gasteiger partial charge is 0.573 e. The van der Waals surface area contributed by atoms with Crippen LogP contribution in [0.2, 0.25) is 0 Å². The minimum Gasteiger partial charge on any atom is -0.478 e. The van der Waals surface area contributed by atoms with Gasteiger partial charge in [-0.1, -0.05) is 18.7 Å². The molecule has 0 saturated carbocycles. The number of nitrogens with one attached hydrogen (secondary N) is 1. The Hall–Kier alpha value is -2.49. The summed E-state index contributed by atoms with van der Waals surface area (Å²) in [7, 11) is 0. The van der Waals surface area contributed by atoms with Crippen molar-refractivity contribution < 1.29 is 27.4 Å². The van der Waals surface area contributed by atoms with Crippen molar-refractivity contribution in [2.75, 3.05) is 17.7 Å². The maximum absolute atomic E-state index is 12.1. The van der Waals surface area contributed by atoms with Gasteiger partial charge in [-0.2, -0.15) is 4.98 Å². The molecule has 1 amide bonds. The highest BCUT2D eigenvalue weighted by Crippen LogP contribution is 2.24. The minimum absolute atomic E-state index is 0.0397. The molecule has 0 aliphatic carbocycles. The average molecular weight is 387 g/mol. The lowest BCUT2D eigenvalue weighted by molar-refractivity contribution is -0.274. The maximum atomic E-state index is 12.1. The van der Waals surface area contributed by atoms with Gasteiger partial charge >= 0.3 is 6.36 Å². The third-order valence-corrected chi connectivity index (χ3v) is 3.63. The maximum Gasteiger partial charge on any atom is 0.573 e. The van der Waals surface area contributed by atoms with Crippen molar-refractivity contribution in [1.29, 1.82) is 0 Å². The highest BCUT2D eigenvalue weighted by atomic mass is 32.2. The fourth-order valence-corrected chi connectivity index (χ4v) is 2.37. The molecule has 1 aromatic carbocycles. The van der Waals surface area contributed by atoms with Gasteiger partial charge in [0.1, 0.15) is 5.75 Å². The van der Waals surface area contributed by atoms with Crippen LogP contribution in [0.15, 0.2) is 41.7 Å². The Morgan fingerprint density at radius 3 is 2.62 bits per heavy atom. The number of anilines is 1. The third-order valence-electron chi connectivity index (χ3n) is 2.77. The number of thioether (sulfide) groups is 1. The zero-order valence-electron chi connectivity index (χ0n) is 13.7. The number of ether oxygens (including phenoxy) is 2. The van der Waals surface area contributed by atoms with E-state index in [9.17, 15) is 18.0 Å². The molecule has 1 aromatic heterocycles. The van der Waals surface area contributed by atoms with Crippen LogP contribution in [0.3, 0.4) is 0 Å². The van der Waals surface area contributed by atoms with E-state index in [2.05, 4.69) is 20.0 Å². The van der Waals surface area contributed by atoms with Crippen molar-refractivity contribution in [3.8, 4) is 11.6 Å². The van der Waals surface area contributed by atoms with Gasteiger partial charge in [-0.3, -0.25) is 4.79 Å². The van der Waals surface area contributed by atoms with Crippen LogP contribution in [0.25, 0.3) is 0 Å². The Bertz CT molecular complexity index is 727. The molecule has 1 heterocycles. The number of benzene rings is 1. The molecule has 2 rings (SSSR count). The number of aromatic nitrogens is 2. The van der Waals surface area contributed by atoms with Crippen LogP contribution in [0.1, 0.15) is 13.3 Å². The number of carbonyl (C=O) groups excluding carboxylic acids is 1. The Morgan fingerprint density at radius 1 is 1.23 bits per heavy atom. The van der Waals surface area contributed by atoms with Crippen LogP contribution in [0, 0.1) is 0 Å². The van der Waals surface area contributed by atoms with Crippen LogP contribution in [-0.4, -0.2) is 34.6 Å². The zero-order chi connectivity index (χ0) is 19.0. The van der Waals surface area contributed by atoms with Gasteiger partial charge in [-0.05, 0) is 30.7 Å². The van der Waals surface area contributed by atoms with Crippen molar-refractivity contribution in [3.05, 3.63) is 36.5 Å². The average Bonchev–Trinajstić information content (AvgIpc) is 2.59. The Labute approximate surface area is 152 Å². The second-order valence-corrected chi connectivity index (χ2v) is 5.88. The van der Waals surface area contributed by atoms with Gasteiger partial charge in [-0.25, -0.2) is 4.98 Å². The number of hydrogen-bond acceptors (Lipinski definition) is 6. The molecular weight excluding hydrogens is 371 g/mol. The fourth-order valence-electron chi connectivity index (χ4n) is 1.75.